The highest BCUT2D eigenvalue weighted by atomic mass is 32.2. The lowest BCUT2D eigenvalue weighted by Gasteiger charge is -2.24. The molecule has 0 saturated carbocycles. The molecule has 1 fully saturated rings. The summed E-state index contributed by atoms with van der Waals surface area (Å²) in [7, 11) is 1.63. The number of rotatable bonds is 8. The van der Waals surface area contributed by atoms with Gasteiger partial charge in [0.1, 0.15) is 11.1 Å². The highest BCUT2D eigenvalue weighted by Gasteiger charge is 2.32. The minimum Gasteiger partial charge on any atom is -0.497 e. The second kappa shape index (κ2) is 10.4. The summed E-state index contributed by atoms with van der Waals surface area (Å²) in [6.45, 7) is 1.13. The minimum absolute atomic E-state index is 0.0115. The third-order valence-corrected chi connectivity index (χ3v) is 6.78. The van der Waals surface area contributed by atoms with Gasteiger partial charge in [-0.15, -0.1) is 11.8 Å². The van der Waals surface area contributed by atoms with E-state index in [1.54, 1.807) is 18.9 Å². The van der Waals surface area contributed by atoms with Crippen molar-refractivity contribution in [2.75, 3.05) is 19.4 Å². The van der Waals surface area contributed by atoms with Crippen molar-refractivity contribution in [1.29, 1.82) is 0 Å². The van der Waals surface area contributed by atoms with Crippen LogP contribution in [0.2, 0.25) is 0 Å². The van der Waals surface area contributed by atoms with Crippen LogP contribution >= 0.6 is 11.8 Å². The summed E-state index contributed by atoms with van der Waals surface area (Å²) in [5.74, 6) is 1.32. The van der Waals surface area contributed by atoms with Gasteiger partial charge in [-0.25, -0.2) is 0 Å². The second-order valence-corrected chi connectivity index (χ2v) is 8.71. The monoisotopic (exact) mass is 446 g/mol. The average molecular weight is 447 g/mol. The molecule has 1 N–H and O–H groups in total. The van der Waals surface area contributed by atoms with Crippen molar-refractivity contribution in [3.05, 3.63) is 101 Å². The van der Waals surface area contributed by atoms with Gasteiger partial charge in [0.2, 0.25) is 5.91 Å². The summed E-state index contributed by atoms with van der Waals surface area (Å²) in [6.07, 6.45) is 0.829. The molecule has 0 aliphatic carbocycles. The van der Waals surface area contributed by atoms with Gasteiger partial charge in [0.05, 0.1) is 12.9 Å². The van der Waals surface area contributed by atoms with Gasteiger partial charge in [0.25, 0.3) is 5.91 Å². The molecule has 32 heavy (non-hydrogen) atoms. The molecule has 1 aliphatic heterocycles. The third-order valence-electron chi connectivity index (χ3n) is 5.52. The Morgan fingerprint density at radius 1 is 1.00 bits per heavy atom. The van der Waals surface area contributed by atoms with Crippen LogP contribution in [-0.4, -0.2) is 36.1 Å². The summed E-state index contributed by atoms with van der Waals surface area (Å²) in [6, 6.07) is 25.4. The average Bonchev–Trinajstić information content (AvgIpc) is 3.22. The van der Waals surface area contributed by atoms with Gasteiger partial charge in [-0.3, -0.25) is 9.59 Å². The fourth-order valence-electron chi connectivity index (χ4n) is 3.69. The van der Waals surface area contributed by atoms with E-state index in [4.69, 9.17) is 4.74 Å². The number of hydrogen-bond acceptors (Lipinski definition) is 4. The van der Waals surface area contributed by atoms with Crippen molar-refractivity contribution >= 4 is 23.6 Å². The number of benzene rings is 3. The molecular formula is C26H26N2O3S. The first kappa shape index (κ1) is 22.0. The lowest BCUT2D eigenvalue weighted by molar-refractivity contribution is -0.128. The number of carbonyl (C=O) groups excluding carboxylic acids is 2. The molecule has 1 saturated heterocycles. The van der Waals surface area contributed by atoms with Gasteiger partial charge < -0.3 is 15.0 Å². The van der Waals surface area contributed by atoms with Crippen LogP contribution in [0.15, 0.2) is 78.9 Å². The predicted molar refractivity (Wildman–Crippen MR) is 128 cm³/mol. The number of nitrogens with zero attached hydrogens (tertiary/aromatic N) is 1. The van der Waals surface area contributed by atoms with Gasteiger partial charge in [0, 0.05) is 18.7 Å². The summed E-state index contributed by atoms with van der Waals surface area (Å²) >= 11 is 1.64. The normalized spacial score (nSPS) is 15.6. The molecule has 1 heterocycles. The van der Waals surface area contributed by atoms with Gasteiger partial charge in [0.15, 0.2) is 0 Å². The first-order valence-corrected chi connectivity index (χ1v) is 11.6. The Morgan fingerprint density at radius 2 is 1.72 bits per heavy atom. The largest absolute Gasteiger partial charge is 0.497 e. The zero-order chi connectivity index (χ0) is 22.3. The van der Waals surface area contributed by atoms with E-state index in [0.29, 0.717) is 24.4 Å². The Balaban J connectivity index is 1.36. The molecule has 3 aromatic rings. The van der Waals surface area contributed by atoms with E-state index in [0.717, 1.165) is 23.3 Å². The maximum atomic E-state index is 12.5. The Morgan fingerprint density at radius 3 is 2.41 bits per heavy atom. The quantitative estimate of drug-likeness (QED) is 0.556. The summed E-state index contributed by atoms with van der Waals surface area (Å²) in [5, 5.41) is 2.94. The van der Waals surface area contributed by atoms with Crippen LogP contribution in [0.4, 0.5) is 0 Å². The van der Waals surface area contributed by atoms with Crippen LogP contribution in [0.1, 0.15) is 32.4 Å². The van der Waals surface area contributed by atoms with Crippen LogP contribution in [0.3, 0.4) is 0 Å². The van der Waals surface area contributed by atoms with Gasteiger partial charge >= 0.3 is 0 Å². The van der Waals surface area contributed by atoms with Gasteiger partial charge in [-0.1, -0.05) is 54.6 Å². The first-order valence-electron chi connectivity index (χ1n) is 10.6. The van der Waals surface area contributed by atoms with Crippen LogP contribution in [0, 0.1) is 0 Å². The first-order chi connectivity index (χ1) is 15.6. The fraction of sp³-hybridized carbons (Fsp3) is 0.231. The van der Waals surface area contributed by atoms with Crippen molar-refractivity contribution in [1.82, 2.24) is 10.2 Å². The molecule has 4 rings (SSSR count). The standard InChI is InChI=1S/C26H26N2O3S/c1-31-23-13-7-20(8-14-23)17-27-25(30)21-9-11-22(12-10-21)26-28(24(29)18-32-26)16-15-19-5-3-2-4-6-19/h2-14,26H,15-18H2,1H3,(H,27,30)/t26-/m0/s1. The van der Waals surface area contributed by atoms with Crippen LogP contribution in [-0.2, 0) is 17.8 Å². The van der Waals surface area contributed by atoms with E-state index in [1.807, 2.05) is 71.6 Å². The van der Waals surface area contributed by atoms with Crippen molar-refractivity contribution < 1.29 is 14.3 Å². The number of ether oxygens (including phenoxy) is 1. The van der Waals surface area contributed by atoms with Gasteiger partial charge in [-0.05, 0) is 47.4 Å². The third kappa shape index (κ3) is 5.32. The van der Waals surface area contributed by atoms with E-state index in [-0.39, 0.29) is 17.2 Å². The highest BCUT2D eigenvalue weighted by Crippen LogP contribution is 2.38. The topological polar surface area (TPSA) is 58.6 Å². The predicted octanol–water partition coefficient (Wildman–Crippen LogP) is 4.44. The number of amides is 2. The van der Waals surface area contributed by atoms with Crippen LogP contribution < -0.4 is 10.1 Å². The second-order valence-electron chi connectivity index (χ2n) is 7.64. The summed E-state index contributed by atoms with van der Waals surface area (Å²) in [5.41, 5.74) is 3.87. The molecule has 1 atom stereocenters. The van der Waals surface area contributed by atoms with Gasteiger partial charge in [-0.2, -0.15) is 0 Å². The molecule has 0 unspecified atom stereocenters. The Labute approximate surface area is 192 Å². The van der Waals surface area contributed by atoms with Crippen molar-refractivity contribution in [2.24, 2.45) is 0 Å². The van der Waals surface area contributed by atoms with Crippen molar-refractivity contribution in [2.45, 2.75) is 18.3 Å². The molecule has 5 nitrogen and oxygen atoms in total. The van der Waals surface area contributed by atoms with E-state index < -0.39 is 0 Å². The molecule has 0 bridgehead atoms. The maximum absolute atomic E-state index is 12.5. The Bertz CT molecular complexity index is 1050. The number of thioether (sulfide) groups is 1. The van der Waals surface area contributed by atoms with Crippen LogP contribution in [0.25, 0.3) is 0 Å². The van der Waals surface area contributed by atoms with Crippen LogP contribution in [0.5, 0.6) is 5.75 Å². The number of hydrogen-bond donors (Lipinski definition) is 1. The zero-order valence-electron chi connectivity index (χ0n) is 18.0. The number of carbonyl (C=O) groups is 2. The Kier molecular flexibility index (Phi) is 7.12. The minimum atomic E-state index is -0.122. The van der Waals surface area contributed by atoms with Crippen molar-refractivity contribution in [3.63, 3.8) is 0 Å². The molecule has 164 valence electrons. The maximum Gasteiger partial charge on any atom is 0.251 e. The SMILES string of the molecule is COc1ccc(CNC(=O)c2ccc([C@@H]3SCC(=O)N3CCc3ccccc3)cc2)cc1. The molecule has 3 aromatic carbocycles. The smallest absolute Gasteiger partial charge is 0.251 e. The molecule has 6 heteroatoms. The lowest BCUT2D eigenvalue weighted by Crippen LogP contribution is -2.30. The zero-order valence-corrected chi connectivity index (χ0v) is 18.8. The number of nitrogens with one attached hydrogen (secondary N) is 1. The molecule has 0 spiro atoms. The molecule has 0 aromatic heterocycles. The fourth-order valence-corrected chi connectivity index (χ4v) is 4.91. The molecule has 2 amide bonds. The molecular weight excluding hydrogens is 420 g/mol. The molecule has 1 aliphatic rings. The number of methoxy groups -OCH3 is 1. The van der Waals surface area contributed by atoms with E-state index in [2.05, 4.69) is 17.4 Å². The van der Waals surface area contributed by atoms with E-state index >= 15 is 0 Å². The Hall–Kier alpha value is -3.25. The van der Waals surface area contributed by atoms with Crippen molar-refractivity contribution in [3.8, 4) is 5.75 Å². The highest BCUT2D eigenvalue weighted by molar-refractivity contribution is 8.00. The summed E-state index contributed by atoms with van der Waals surface area (Å²) in [4.78, 5) is 26.9. The summed E-state index contributed by atoms with van der Waals surface area (Å²) < 4.78 is 5.16. The van der Waals surface area contributed by atoms with E-state index in [1.165, 1.54) is 5.56 Å². The lowest BCUT2D eigenvalue weighted by atomic mass is 10.1. The molecule has 0 radical (unpaired) electrons. The van der Waals surface area contributed by atoms with E-state index in [9.17, 15) is 9.59 Å².